The average molecular weight is 530 g/mol. The molecular weight excluding hydrogens is 494 g/mol. The summed E-state index contributed by atoms with van der Waals surface area (Å²) in [7, 11) is 0. The number of benzene rings is 4. The van der Waals surface area contributed by atoms with Crippen LogP contribution in [0.25, 0.3) is 10.9 Å². The third-order valence-corrected chi connectivity index (χ3v) is 7.09. The number of nitrogens with one attached hydrogen (secondary N) is 2. The van der Waals surface area contributed by atoms with Crippen molar-refractivity contribution in [3.05, 3.63) is 132 Å². The van der Waals surface area contributed by atoms with Crippen molar-refractivity contribution in [3.63, 3.8) is 0 Å². The van der Waals surface area contributed by atoms with Gasteiger partial charge in [-0.1, -0.05) is 93.6 Å². The fourth-order valence-electron chi connectivity index (χ4n) is 4.84. The average Bonchev–Trinajstić information content (AvgIpc) is 3.30. The quantitative estimate of drug-likeness (QED) is 0.215. The first kappa shape index (κ1) is 26.9. The van der Waals surface area contributed by atoms with Gasteiger partial charge in [0.15, 0.2) is 0 Å². The van der Waals surface area contributed by atoms with Gasteiger partial charge in [-0.2, -0.15) is 0 Å². The molecule has 0 bridgehead atoms. The highest BCUT2D eigenvalue weighted by molar-refractivity contribution is 6.07. The summed E-state index contributed by atoms with van der Waals surface area (Å²) in [6, 6.07) is 35.8. The molecule has 202 valence electrons. The van der Waals surface area contributed by atoms with Crippen LogP contribution in [-0.2, 0) is 23.2 Å². The number of carbonyl (C=O) groups is 2. The molecule has 5 nitrogen and oxygen atoms in total. The summed E-state index contributed by atoms with van der Waals surface area (Å²) in [5.74, 6) is -0.217. The Labute approximate surface area is 235 Å². The summed E-state index contributed by atoms with van der Waals surface area (Å²) in [6.07, 6.45) is 1.08. The predicted octanol–water partition coefficient (Wildman–Crippen LogP) is 7.81. The number of carbonyl (C=O) groups excluding carboxylic acids is 2. The van der Waals surface area contributed by atoms with Crippen molar-refractivity contribution >= 4 is 34.1 Å². The highest BCUT2D eigenvalue weighted by Gasteiger charge is 2.18. The Kier molecular flexibility index (Phi) is 7.83. The predicted molar refractivity (Wildman–Crippen MR) is 164 cm³/mol. The third kappa shape index (κ3) is 6.49. The van der Waals surface area contributed by atoms with Crippen LogP contribution in [-0.4, -0.2) is 16.4 Å². The van der Waals surface area contributed by atoms with Crippen LogP contribution in [0.4, 0.5) is 11.4 Å². The minimum absolute atomic E-state index is 0.0383. The van der Waals surface area contributed by atoms with Crippen molar-refractivity contribution in [3.8, 4) is 0 Å². The van der Waals surface area contributed by atoms with Crippen molar-refractivity contribution in [2.24, 2.45) is 0 Å². The van der Waals surface area contributed by atoms with E-state index in [-0.39, 0.29) is 17.2 Å². The highest BCUT2D eigenvalue weighted by Crippen LogP contribution is 2.27. The zero-order chi connectivity index (χ0) is 28.1. The summed E-state index contributed by atoms with van der Waals surface area (Å²) < 4.78 is 2.04. The molecule has 1 heterocycles. The fraction of sp³-hybridized carbons (Fsp3) is 0.200. The van der Waals surface area contributed by atoms with Crippen LogP contribution in [0.2, 0.25) is 0 Å². The lowest BCUT2D eigenvalue weighted by atomic mass is 9.87. The molecule has 0 saturated carbocycles. The second-order valence-electron chi connectivity index (χ2n) is 11.2. The van der Waals surface area contributed by atoms with E-state index in [0.717, 1.165) is 27.7 Å². The summed E-state index contributed by atoms with van der Waals surface area (Å²) in [5, 5.41) is 6.94. The molecule has 5 heteroatoms. The molecule has 0 saturated heterocycles. The van der Waals surface area contributed by atoms with Crippen LogP contribution in [0.5, 0.6) is 0 Å². The zero-order valence-corrected chi connectivity index (χ0v) is 23.3. The maximum absolute atomic E-state index is 13.5. The van der Waals surface area contributed by atoms with Gasteiger partial charge in [-0.25, -0.2) is 0 Å². The summed E-state index contributed by atoms with van der Waals surface area (Å²) in [5.41, 5.74) is 6.53. The molecule has 0 aliphatic carbocycles. The van der Waals surface area contributed by atoms with Gasteiger partial charge in [-0.3, -0.25) is 9.59 Å². The Balaban J connectivity index is 1.41. The van der Waals surface area contributed by atoms with Gasteiger partial charge < -0.3 is 15.2 Å². The number of amides is 2. The molecule has 2 amide bonds. The first-order chi connectivity index (χ1) is 19.3. The zero-order valence-electron chi connectivity index (χ0n) is 23.3. The van der Waals surface area contributed by atoms with Crippen molar-refractivity contribution in [2.45, 2.75) is 45.6 Å². The van der Waals surface area contributed by atoms with E-state index in [4.69, 9.17) is 0 Å². The number of fused-ring (bicyclic) bond motifs is 1. The molecule has 0 aliphatic heterocycles. The Bertz CT molecular complexity index is 1610. The second-order valence-corrected chi connectivity index (χ2v) is 11.2. The van der Waals surface area contributed by atoms with Gasteiger partial charge in [0, 0.05) is 35.2 Å². The van der Waals surface area contributed by atoms with Crippen LogP contribution >= 0.6 is 0 Å². The number of hydrogen-bond acceptors (Lipinski definition) is 2. The summed E-state index contributed by atoms with van der Waals surface area (Å²) in [4.78, 5) is 26.1. The van der Waals surface area contributed by atoms with Crippen LogP contribution in [0.15, 0.2) is 109 Å². The number of para-hydroxylation sites is 1. The Morgan fingerprint density at radius 1 is 0.700 bits per heavy atom. The molecule has 0 fully saturated rings. The van der Waals surface area contributed by atoms with Crippen molar-refractivity contribution in [2.75, 3.05) is 10.6 Å². The third-order valence-electron chi connectivity index (χ3n) is 7.09. The van der Waals surface area contributed by atoms with E-state index in [9.17, 15) is 9.59 Å². The van der Waals surface area contributed by atoms with Crippen LogP contribution < -0.4 is 10.6 Å². The number of rotatable bonds is 8. The van der Waals surface area contributed by atoms with Crippen molar-refractivity contribution in [1.29, 1.82) is 0 Å². The standard InChI is InChI=1S/C35H35N3O2/c1-35(2,3)28-17-14-26(15-18-28)24-38-31-20-19-30(36-33(39)21-16-25-10-6-4-7-11-25)22-27(31)23-32(38)34(40)37-29-12-8-5-9-13-29/h4-15,17-20,22-23H,16,21,24H2,1-3H3,(H,36,39)(H,37,40). The number of hydrogen-bond donors (Lipinski definition) is 2. The van der Waals surface area contributed by atoms with Gasteiger partial charge in [0.2, 0.25) is 5.91 Å². The van der Waals surface area contributed by atoms with Crippen molar-refractivity contribution < 1.29 is 9.59 Å². The van der Waals surface area contributed by atoms with E-state index in [0.29, 0.717) is 30.8 Å². The summed E-state index contributed by atoms with van der Waals surface area (Å²) >= 11 is 0. The maximum Gasteiger partial charge on any atom is 0.272 e. The Morgan fingerprint density at radius 3 is 2.05 bits per heavy atom. The molecule has 5 aromatic rings. The topological polar surface area (TPSA) is 63.1 Å². The first-order valence-electron chi connectivity index (χ1n) is 13.7. The van der Waals surface area contributed by atoms with Gasteiger partial charge >= 0.3 is 0 Å². The maximum atomic E-state index is 13.5. The second kappa shape index (κ2) is 11.6. The van der Waals surface area contributed by atoms with E-state index in [1.54, 1.807) is 0 Å². The number of anilines is 2. The number of aryl methyl sites for hydroxylation is 1. The van der Waals surface area contributed by atoms with Gasteiger partial charge in [0.05, 0.1) is 0 Å². The molecule has 0 unspecified atom stereocenters. The Hall–Kier alpha value is -4.64. The number of nitrogens with zero attached hydrogens (tertiary/aromatic N) is 1. The molecule has 1 aromatic heterocycles. The van der Waals surface area contributed by atoms with Crippen LogP contribution in [0.3, 0.4) is 0 Å². The van der Waals surface area contributed by atoms with Crippen LogP contribution in [0, 0.1) is 0 Å². The summed E-state index contributed by atoms with van der Waals surface area (Å²) in [6.45, 7) is 7.15. The lowest BCUT2D eigenvalue weighted by Crippen LogP contribution is -2.17. The highest BCUT2D eigenvalue weighted by atomic mass is 16.2. The monoisotopic (exact) mass is 529 g/mol. The Morgan fingerprint density at radius 2 is 1.38 bits per heavy atom. The molecule has 5 rings (SSSR count). The van der Waals surface area contributed by atoms with Crippen LogP contribution in [0.1, 0.15) is 54.4 Å². The molecule has 40 heavy (non-hydrogen) atoms. The molecule has 0 spiro atoms. The van der Waals surface area contributed by atoms with E-state index in [1.165, 1.54) is 5.56 Å². The molecule has 0 atom stereocenters. The lowest BCUT2D eigenvalue weighted by molar-refractivity contribution is -0.116. The van der Waals surface area contributed by atoms with Gasteiger partial charge in [0.1, 0.15) is 5.69 Å². The van der Waals surface area contributed by atoms with E-state index in [2.05, 4.69) is 55.7 Å². The van der Waals surface area contributed by atoms with E-state index < -0.39 is 0 Å². The number of aromatic nitrogens is 1. The van der Waals surface area contributed by atoms with Gasteiger partial charge in [-0.15, -0.1) is 0 Å². The minimum Gasteiger partial charge on any atom is -0.332 e. The lowest BCUT2D eigenvalue weighted by Gasteiger charge is -2.19. The fourth-order valence-corrected chi connectivity index (χ4v) is 4.84. The largest absolute Gasteiger partial charge is 0.332 e. The smallest absolute Gasteiger partial charge is 0.272 e. The SMILES string of the molecule is CC(C)(C)c1ccc(Cn2c(C(=O)Nc3ccccc3)cc3cc(NC(=O)CCc4ccccc4)ccc32)cc1. The van der Waals surface area contributed by atoms with E-state index >= 15 is 0 Å². The minimum atomic E-state index is -0.179. The molecular formula is C35H35N3O2. The van der Waals surface area contributed by atoms with E-state index in [1.807, 2.05) is 89.5 Å². The molecule has 2 N–H and O–H groups in total. The van der Waals surface area contributed by atoms with Gasteiger partial charge in [-0.05, 0) is 64.9 Å². The molecule has 0 radical (unpaired) electrons. The molecule has 4 aromatic carbocycles. The first-order valence-corrected chi connectivity index (χ1v) is 13.7. The molecule has 0 aliphatic rings. The normalized spacial score (nSPS) is 11.4. The van der Waals surface area contributed by atoms with Crippen molar-refractivity contribution in [1.82, 2.24) is 4.57 Å². The van der Waals surface area contributed by atoms with Gasteiger partial charge in [0.25, 0.3) is 5.91 Å².